The first-order valence-corrected chi connectivity index (χ1v) is 9.60. The summed E-state index contributed by atoms with van der Waals surface area (Å²) in [5, 5.41) is 3.08. The number of likely N-dealkylation sites (tertiary alicyclic amines) is 1. The molecule has 4 rings (SSSR count). The topological polar surface area (TPSA) is 80.4 Å². The van der Waals surface area contributed by atoms with Crippen LogP contribution in [0, 0.1) is 6.92 Å². The van der Waals surface area contributed by atoms with Crippen molar-refractivity contribution in [2.24, 2.45) is 7.05 Å². The average Bonchev–Trinajstić information content (AvgIpc) is 3.04. The molecule has 1 aliphatic heterocycles. The molecule has 3 aromatic rings. The SMILES string of the molecule is Cc1oc2ncn(C)c(=O)c2c1C(=O)Nc1ccc(CN2CCCCC2)cc1. The van der Waals surface area contributed by atoms with Crippen LogP contribution in [0.3, 0.4) is 0 Å². The van der Waals surface area contributed by atoms with Gasteiger partial charge in [0.25, 0.3) is 11.5 Å². The molecule has 1 N–H and O–H groups in total. The van der Waals surface area contributed by atoms with Crippen molar-refractivity contribution in [3.05, 3.63) is 57.8 Å². The van der Waals surface area contributed by atoms with Crippen LogP contribution in [0.25, 0.3) is 11.1 Å². The van der Waals surface area contributed by atoms with Gasteiger partial charge in [0.05, 0.1) is 5.56 Å². The molecular weight excluding hydrogens is 356 g/mol. The van der Waals surface area contributed by atoms with E-state index in [0.29, 0.717) is 11.4 Å². The molecule has 1 amide bonds. The lowest BCUT2D eigenvalue weighted by molar-refractivity contribution is 0.102. The van der Waals surface area contributed by atoms with Gasteiger partial charge in [-0.25, -0.2) is 4.98 Å². The van der Waals surface area contributed by atoms with Gasteiger partial charge in [-0.3, -0.25) is 14.5 Å². The van der Waals surface area contributed by atoms with Crippen LogP contribution in [0.1, 0.15) is 40.9 Å². The molecule has 0 bridgehead atoms. The monoisotopic (exact) mass is 380 g/mol. The molecule has 1 fully saturated rings. The summed E-state index contributed by atoms with van der Waals surface area (Å²) >= 11 is 0. The van der Waals surface area contributed by atoms with Crippen molar-refractivity contribution in [2.45, 2.75) is 32.7 Å². The fourth-order valence-corrected chi connectivity index (χ4v) is 3.72. The maximum absolute atomic E-state index is 12.8. The van der Waals surface area contributed by atoms with Crippen molar-refractivity contribution in [1.29, 1.82) is 0 Å². The van der Waals surface area contributed by atoms with E-state index >= 15 is 0 Å². The number of amides is 1. The quantitative estimate of drug-likeness (QED) is 0.752. The standard InChI is InChI=1S/C21H24N4O3/c1-14-17(18-20(28-14)22-13-24(2)21(18)27)19(26)23-16-8-6-15(7-9-16)12-25-10-4-3-5-11-25/h6-9,13H,3-5,10-12H2,1-2H3,(H,23,26). The van der Waals surface area contributed by atoms with Gasteiger partial charge in [0.1, 0.15) is 17.5 Å². The number of aromatic nitrogens is 2. The maximum atomic E-state index is 12.8. The number of piperidine rings is 1. The molecule has 1 aliphatic rings. The first kappa shape index (κ1) is 18.4. The number of hydrogen-bond donors (Lipinski definition) is 1. The number of furan rings is 1. The minimum absolute atomic E-state index is 0.183. The van der Waals surface area contributed by atoms with Gasteiger partial charge in [-0.05, 0) is 50.6 Å². The number of rotatable bonds is 4. The Hall–Kier alpha value is -2.93. The first-order chi connectivity index (χ1) is 13.5. The highest BCUT2D eigenvalue weighted by Gasteiger charge is 2.22. The minimum atomic E-state index is -0.370. The second-order valence-corrected chi connectivity index (χ2v) is 7.36. The molecule has 0 unspecified atom stereocenters. The molecule has 0 atom stereocenters. The summed E-state index contributed by atoms with van der Waals surface area (Å²) in [6.07, 6.45) is 5.24. The number of carbonyl (C=O) groups is 1. The molecule has 0 aliphatic carbocycles. The number of benzene rings is 1. The highest BCUT2D eigenvalue weighted by Crippen LogP contribution is 2.22. The van der Waals surface area contributed by atoms with Gasteiger partial charge in [-0.15, -0.1) is 0 Å². The van der Waals surface area contributed by atoms with Gasteiger partial charge < -0.3 is 14.3 Å². The summed E-state index contributed by atoms with van der Waals surface area (Å²) in [6.45, 7) is 4.89. The van der Waals surface area contributed by atoms with Crippen LogP contribution in [0.4, 0.5) is 5.69 Å². The molecule has 2 aromatic heterocycles. The van der Waals surface area contributed by atoms with E-state index in [4.69, 9.17) is 4.42 Å². The molecule has 7 heteroatoms. The molecular formula is C21H24N4O3. The predicted molar refractivity (Wildman–Crippen MR) is 108 cm³/mol. The Kier molecular flexibility index (Phi) is 5.00. The van der Waals surface area contributed by atoms with Crippen molar-refractivity contribution in [1.82, 2.24) is 14.5 Å². The summed E-state index contributed by atoms with van der Waals surface area (Å²) in [7, 11) is 1.60. The molecule has 3 heterocycles. The zero-order chi connectivity index (χ0) is 19.7. The molecule has 1 aromatic carbocycles. The van der Waals surface area contributed by atoms with Gasteiger partial charge in [0.2, 0.25) is 5.71 Å². The zero-order valence-corrected chi connectivity index (χ0v) is 16.2. The van der Waals surface area contributed by atoms with Crippen LogP contribution in [-0.4, -0.2) is 33.4 Å². The lowest BCUT2D eigenvalue weighted by Crippen LogP contribution is -2.29. The Balaban J connectivity index is 1.52. The molecule has 7 nitrogen and oxygen atoms in total. The van der Waals surface area contributed by atoms with Crippen LogP contribution in [0.2, 0.25) is 0 Å². The summed E-state index contributed by atoms with van der Waals surface area (Å²) in [5.74, 6) is 0.00940. The average molecular weight is 380 g/mol. The fourth-order valence-electron chi connectivity index (χ4n) is 3.72. The van der Waals surface area contributed by atoms with E-state index in [9.17, 15) is 9.59 Å². The molecule has 0 radical (unpaired) electrons. The van der Waals surface area contributed by atoms with E-state index in [0.717, 1.165) is 19.6 Å². The van der Waals surface area contributed by atoms with Gasteiger partial charge >= 0.3 is 0 Å². The number of fused-ring (bicyclic) bond motifs is 1. The highest BCUT2D eigenvalue weighted by molar-refractivity contribution is 6.12. The molecule has 28 heavy (non-hydrogen) atoms. The summed E-state index contributed by atoms with van der Waals surface area (Å²) in [5.41, 5.74) is 2.03. The van der Waals surface area contributed by atoms with Gasteiger partial charge in [0, 0.05) is 19.3 Å². The Labute approximate surface area is 163 Å². The van der Waals surface area contributed by atoms with Crippen LogP contribution < -0.4 is 10.9 Å². The van der Waals surface area contributed by atoms with Gasteiger partial charge in [-0.2, -0.15) is 0 Å². The smallest absolute Gasteiger partial charge is 0.265 e. The largest absolute Gasteiger partial charge is 0.442 e. The summed E-state index contributed by atoms with van der Waals surface area (Å²) < 4.78 is 6.84. The van der Waals surface area contributed by atoms with E-state index in [-0.39, 0.29) is 28.1 Å². The number of aryl methyl sites for hydroxylation is 2. The van der Waals surface area contributed by atoms with Crippen LogP contribution >= 0.6 is 0 Å². The van der Waals surface area contributed by atoms with Crippen molar-refractivity contribution >= 4 is 22.7 Å². The van der Waals surface area contributed by atoms with E-state index in [1.165, 1.54) is 35.7 Å². The van der Waals surface area contributed by atoms with E-state index < -0.39 is 0 Å². The fraction of sp³-hybridized carbons (Fsp3) is 0.381. The Morgan fingerprint density at radius 2 is 1.89 bits per heavy atom. The normalized spacial score (nSPS) is 15.1. The lowest BCUT2D eigenvalue weighted by Gasteiger charge is -2.26. The number of anilines is 1. The number of nitrogens with one attached hydrogen (secondary N) is 1. The Bertz CT molecular complexity index is 1060. The zero-order valence-electron chi connectivity index (χ0n) is 16.2. The third-order valence-electron chi connectivity index (χ3n) is 5.24. The van der Waals surface area contributed by atoms with Crippen LogP contribution in [0.5, 0.6) is 0 Å². The Morgan fingerprint density at radius 3 is 2.61 bits per heavy atom. The number of hydrogen-bond acceptors (Lipinski definition) is 5. The number of nitrogens with zero attached hydrogens (tertiary/aromatic N) is 3. The summed E-state index contributed by atoms with van der Waals surface area (Å²) in [6, 6.07) is 7.85. The second kappa shape index (κ2) is 7.59. The van der Waals surface area contributed by atoms with Crippen molar-refractivity contribution in [3.8, 4) is 0 Å². The van der Waals surface area contributed by atoms with Crippen LogP contribution in [-0.2, 0) is 13.6 Å². The van der Waals surface area contributed by atoms with Crippen molar-refractivity contribution in [2.75, 3.05) is 18.4 Å². The van der Waals surface area contributed by atoms with Gasteiger partial charge in [0.15, 0.2) is 0 Å². The van der Waals surface area contributed by atoms with Crippen molar-refractivity contribution in [3.63, 3.8) is 0 Å². The third-order valence-corrected chi connectivity index (χ3v) is 5.24. The first-order valence-electron chi connectivity index (χ1n) is 9.60. The molecule has 0 spiro atoms. The van der Waals surface area contributed by atoms with Gasteiger partial charge in [-0.1, -0.05) is 18.6 Å². The third kappa shape index (κ3) is 3.57. The van der Waals surface area contributed by atoms with E-state index in [2.05, 4.69) is 15.2 Å². The highest BCUT2D eigenvalue weighted by atomic mass is 16.3. The molecule has 0 saturated carbocycles. The summed E-state index contributed by atoms with van der Waals surface area (Å²) in [4.78, 5) is 31.8. The maximum Gasteiger partial charge on any atom is 0.265 e. The lowest BCUT2D eigenvalue weighted by atomic mass is 10.1. The second-order valence-electron chi connectivity index (χ2n) is 7.36. The number of carbonyl (C=O) groups excluding carboxylic acids is 1. The van der Waals surface area contributed by atoms with Crippen molar-refractivity contribution < 1.29 is 9.21 Å². The minimum Gasteiger partial charge on any atom is -0.442 e. The van der Waals surface area contributed by atoms with Crippen LogP contribution in [0.15, 0.2) is 39.8 Å². The van der Waals surface area contributed by atoms with E-state index in [1.807, 2.05) is 24.3 Å². The molecule has 146 valence electrons. The van der Waals surface area contributed by atoms with E-state index in [1.54, 1.807) is 14.0 Å². The molecule has 1 saturated heterocycles. The predicted octanol–water partition coefficient (Wildman–Crippen LogP) is 3.07. The Morgan fingerprint density at radius 1 is 1.18 bits per heavy atom.